The number of likely N-dealkylation sites (N-methyl/N-ethyl adjacent to an activating group) is 1. The fraction of sp³-hybridized carbons (Fsp3) is 0.938. The number of rotatable bonds is 5. The van der Waals surface area contributed by atoms with Crippen molar-refractivity contribution < 1.29 is 5.11 Å². The fourth-order valence-corrected chi connectivity index (χ4v) is 3.65. The minimum Gasteiger partial charge on any atom is -0.392 e. The first-order valence-corrected chi connectivity index (χ1v) is 8.51. The molecule has 2 fully saturated rings. The van der Waals surface area contributed by atoms with Crippen LogP contribution in [-0.4, -0.2) is 54.3 Å². The van der Waals surface area contributed by atoms with Crippen LogP contribution in [0.1, 0.15) is 52.4 Å². The average molecular weight is 296 g/mol. The van der Waals surface area contributed by atoms with Crippen molar-refractivity contribution >= 4 is 5.96 Å². The van der Waals surface area contributed by atoms with Crippen molar-refractivity contribution in [2.45, 2.75) is 64.5 Å². The van der Waals surface area contributed by atoms with Crippen molar-refractivity contribution in [3.05, 3.63) is 0 Å². The van der Waals surface area contributed by atoms with Gasteiger partial charge >= 0.3 is 0 Å². The Morgan fingerprint density at radius 1 is 1.38 bits per heavy atom. The van der Waals surface area contributed by atoms with Gasteiger partial charge in [-0.2, -0.15) is 0 Å². The molecule has 2 rings (SSSR count). The van der Waals surface area contributed by atoms with E-state index in [9.17, 15) is 5.11 Å². The van der Waals surface area contributed by atoms with Gasteiger partial charge < -0.3 is 16.2 Å². The molecule has 0 spiro atoms. The van der Waals surface area contributed by atoms with Crippen molar-refractivity contribution in [2.24, 2.45) is 16.1 Å². The summed E-state index contributed by atoms with van der Waals surface area (Å²) >= 11 is 0. The molecule has 1 aliphatic carbocycles. The van der Waals surface area contributed by atoms with Crippen LogP contribution in [0.15, 0.2) is 4.99 Å². The van der Waals surface area contributed by atoms with Crippen molar-refractivity contribution in [1.29, 1.82) is 0 Å². The molecule has 3 unspecified atom stereocenters. The molecule has 0 radical (unpaired) electrons. The van der Waals surface area contributed by atoms with Gasteiger partial charge in [0.25, 0.3) is 0 Å². The summed E-state index contributed by atoms with van der Waals surface area (Å²) in [5, 5.41) is 13.4. The highest BCUT2D eigenvalue weighted by molar-refractivity contribution is 5.77. The van der Waals surface area contributed by atoms with Gasteiger partial charge in [0.05, 0.1) is 12.6 Å². The molecule has 1 aliphatic heterocycles. The van der Waals surface area contributed by atoms with Gasteiger partial charge in [0.15, 0.2) is 5.96 Å². The Morgan fingerprint density at radius 2 is 2.19 bits per heavy atom. The van der Waals surface area contributed by atoms with E-state index in [0.717, 1.165) is 32.4 Å². The van der Waals surface area contributed by atoms with E-state index in [1.165, 1.54) is 25.8 Å². The maximum Gasteiger partial charge on any atom is 0.188 e. The van der Waals surface area contributed by atoms with E-state index in [1.807, 2.05) is 0 Å². The fourth-order valence-electron chi connectivity index (χ4n) is 3.65. The minimum atomic E-state index is -0.242. The maximum atomic E-state index is 10.2. The van der Waals surface area contributed by atoms with Crippen LogP contribution < -0.4 is 11.1 Å². The number of guanidine groups is 1. The molecule has 0 aromatic heterocycles. The Balaban J connectivity index is 1.78. The number of nitrogens with one attached hydrogen (secondary N) is 1. The third-order valence-electron chi connectivity index (χ3n) is 5.31. The van der Waals surface area contributed by atoms with Gasteiger partial charge in [-0.15, -0.1) is 0 Å². The molecule has 0 amide bonds. The molecule has 3 atom stereocenters. The first kappa shape index (κ1) is 16.6. The van der Waals surface area contributed by atoms with Gasteiger partial charge in [-0.1, -0.05) is 26.7 Å². The highest BCUT2D eigenvalue weighted by atomic mass is 16.3. The van der Waals surface area contributed by atoms with Crippen molar-refractivity contribution in [2.75, 3.05) is 26.2 Å². The van der Waals surface area contributed by atoms with E-state index in [-0.39, 0.29) is 11.5 Å². The number of hydrogen-bond donors (Lipinski definition) is 3. The number of hydrogen-bond acceptors (Lipinski definition) is 3. The van der Waals surface area contributed by atoms with E-state index in [4.69, 9.17) is 5.73 Å². The van der Waals surface area contributed by atoms with Crippen LogP contribution in [0.5, 0.6) is 0 Å². The summed E-state index contributed by atoms with van der Waals surface area (Å²) in [4.78, 5) is 6.98. The van der Waals surface area contributed by atoms with E-state index in [1.54, 1.807) is 0 Å². The predicted octanol–water partition coefficient (Wildman–Crippen LogP) is 1.32. The first-order valence-electron chi connectivity index (χ1n) is 8.51. The summed E-state index contributed by atoms with van der Waals surface area (Å²) in [6, 6.07) is 0.583. The largest absolute Gasteiger partial charge is 0.392 e. The maximum absolute atomic E-state index is 10.2. The zero-order valence-corrected chi connectivity index (χ0v) is 13.6. The Bertz CT molecular complexity index is 360. The number of aliphatic hydroxyl groups excluding tert-OH is 1. The zero-order chi connectivity index (χ0) is 15.3. The summed E-state index contributed by atoms with van der Waals surface area (Å²) in [7, 11) is 0. The van der Waals surface area contributed by atoms with Gasteiger partial charge in [0, 0.05) is 18.0 Å². The van der Waals surface area contributed by atoms with Gasteiger partial charge in [0.2, 0.25) is 0 Å². The zero-order valence-electron chi connectivity index (χ0n) is 13.6. The molecule has 1 saturated carbocycles. The molecule has 1 saturated heterocycles. The molecule has 122 valence electrons. The van der Waals surface area contributed by atoms with Crippen LogP contribution in [0.25, 0.3) is 0 Å². The Labute approximate surface area is 129 Å². The van der Waals surface area contributed by atoms with Gasteiger partial charge in [-0.05, 0) is 38.8 Å². The van der Waals surface area contributed by atoms with Crippen molar-refractivity contribution in [1.82, 2.24) is 10.2 Å². The topological polar surface area (TPSA) is 73.9 Å². The third kappa shape index (κ3) is 4.33. The quantitative estimate of drug-likeness (QED) is 0.528. The molecular formula is C16H32N4O. The molecule has 5 nitrogen and oxygen atoms in total. The standard InChI is InChI=1S/C16H32N4O/c1-3-20-10-6-7-13(20)11-18-15(17)19-12-16(2)9-5-4-8-14(16)21/h13-14,21H,3-12H2,1-2H3,(H3,17,18,19). The van der Waals surface area contributed by atoms with Gasteiger partial charge in [-0.25, -0.2) is 0 Å². The number of aliphatic hydroxyl groups is 1. The van der Waals surface area contributed by atoms with Crippen molar-refractivity contribution in [3.63, 3.8) is 0 Å². The Morgan fingerprint density at radius 3 is 2.90 bits per heavy atom. The van der Waals surface area contributed by atoms with Crippen LogP contribution >= 0.6 is 0 Å². The van der Waals surface area contributed by atoms with Crippen LogP contribution in [0.2, 0.25) is 0 Å². The highest BCUT2D eigenvalue weighted by Crippen LogP contribution is 2.36. The van der Waals surface area contributed by atoms with Crippen LogP contribution in [0.3, 0.4) is 0 Å². The van der Waals surface area contributed by atoms with Gasteiger partial charge in [0.1, 0.15) is 0 Å². The summed E-state index contributed by atoms with van der Waals surface area (Å²) in [5.41, 5.74) is 5.90. The second-order valence-electron chi connectivity index (χ2n) is 6.92. The third-order valence-corrected chi connectivity index (χ3v) is 5.31. The number of likely N-dealkylation sites (tertiary alicyclic amines) is 1. The summed E-state index contributed by atoms with van der Waals surface area (Å²) in [6.07, 6.45) is 6.52. The van der Waals surface area contributed by atoms with E-state index in [0.29, 0.717) is 18.5 Å². The number of nitrogens with zero attached hydrogens (tertiary/aromatic N) is 2. The van der Waals surface area contributed by atoms with Crippen molar-refractivity contribution in [3.8, 4) is 0 Å². The molecule has 0 bridgehead atoms. The number of nitrogens with two attached hydrogens (primary N) is 1. The van der Waals surface area contributed by atoms with Crippen LogP contribution in [-0.2, 0) is 0 Å². The minimum absolute atomic E-state index is 0.104. The van der Waals surface area contributed by atoms with E-state index in [2.05, 4.69) is 29.1 Å². The lowest BCUT2D eigenvalue weighted by molar-refractivity contribution is 0.00719. The SMILES string of the molecule is CCN1CCCC1CNC(N)=NCC1(C)CCCCC1O. The summed E-state index contributed by atoms with van der Waals surface area (Å²) in [5.74, 6) is 0.525. The highest BCUT2D eigenvalue weighted by Gasteiger charge is 2.35. The summed E-state index contributed by atoms with van der Waals surface area (Å²) < 4.78 is 0. The van der Waals surface area contributed by atoms with E-state index < -0.39 is 0 Å². The van der Waals surface area contributed by atoms with Crippen LogP contribution in [0, 0.1) is 5.41 Å². The molecule has 0 aromatic carbocycles. The molecule has 21 heavy (non-hydrogen) atoms. The van der Waals surface area contributed by atoms with E-state index >= 15 is 0 Å². The van der Waals surface area contributed by atoms with Crippen LogP contribution in [0.4, 0.5) is 0 Å². The molecule has 5 heteroatoms. The first-order chi connectivity index (χ1) is 10.0. The summed E-state index contributed by atoms with van der Waals surface area (Å²) in [6.45, 7) is 8.14. The molecule has 4 N–H and O–H groups in total. The second kappa shape index (κ2) is 7.45. The Kier molecular flexibility index (Phi) is 5.88. The molecule has 2 aliphatic rings. The molecule has 1 heterocycles. The molecule has 0 aromatic rings. The average Bonchev–Trinajstić information content (AvgIpc) is 2.94. The monoisotopic (exact) mass is 296 g/mol. The lowest BCUT2D eigenvalue weighted by Crippen LogP contribution is -2.44. The smallest absolute Gasteiger partial charge is 0.188 e. The Hall–Kier alpha value is -0.810. The molecular weight excluding hydrogens is 264 g/mol. The van der Waals surface area contributed by atoms with Gasteiger partial charge in [-0.3, -0.25) is 9.89 Å². The normalized spacial score (nSPS) is 35.1. The number of aliphatic imine (C=N–C) groups is 1. The lowest BCUT2D eigenvalue weighted by Gasteiger charge is -2.37. The predicted molar refractivity (Wildman–Crippen MR) is 87.3 cm³/mol. The lowest BCUT2D eigenvalue weighted by atomic mass is 9.73. The second-order valence-corrected chi connectivity index (χ2v) is 6.92.